The number of benzene rings is 3. The van der Waals surface area contributed by atoms with E-state index in [1.807, 2.05) is 30.3 Å². The van der Waals surface area contributed by atoms with Crippen LogP contribution in [-0.4, -0.2) is 31.1 Å². The van der Waals surface area contributed by atoms with Gasteiger partial charge in [0.2, 0.25) is 11.0 Å². The molecule has 35 heavy (non-hydrogen) atoms. The molecule has 0 spiro atoms. The van der Waals surface area contributed by atoms with E-state index in [0.717, 1.165) is 9.87 Å². The van der Waals surface area contributed by atoms with E-state index in [0.29, 0.717) is 10.1 Å². The topological polar surface area (TPSA) is 92.3 Å². The van der Waals surface area contributed by atoms with E-state index in [9.17, 15) is 13.2 Å². The van der Waals surface area contributed by atoms with Gasteiger partial charge in [-0.05, 0) is 35.9 Å². The normalized spacial score (nSPS) is 11.3. The minimum atomic E-state index is -4.12. The van der Waals surface area contributed by atoms with Gasteiger partial charge in [-0.1, -0.05) is 94.8 Å². The van der Waals surface area contributed by atoms with Gasteiger partial charge >= 0.3 is 0 Å². The summed E-state index contributed by atoms with van der Waals surface area (Å²) in [5, 5.41) is 11.4. The van der Waals surface area contributed by atoms with Crippen molar-refractivity contribution in [2.45, 2.75) is 15.0 Å². The number of rotatable bonds is 9. The Hall–Kier alpha value is -2.63. The lowest BCUT2D eigenvalue weighted by Gasteiger charge is -2.25. The Morgan fingerprint density at radius 1 is 0.971 bits per heavy atom. The number of carbonyl (C=O) groups is 1. The molecule has 180 valence electrons. The summed E-state index contributed by atoms with van der Waals surface area (Å²) in [4.78, 5) is 12.9. The molecular weight excluding hydrogens is 547 g/mol. The summed E-state index contributed by atoms with van der Waals surface area (Å²) in [6, 6.07) is 22.1. The van der Waals surface area contributed by atoms with Gasteiger partial charge < -0.3 is 0 Å². The van der Waals surface area contributed by atoms with Crippen molar-refractivity contribution in [2.24, 2.45) is 0 Å². The van der Waals surface area contributed by atoms with Crippen LogP contribution in [0.5, 0.6) is 0 Å². The minimum absolute atomic E-state index is 0.0133. The Bertz CT molecular complexity index is 1420. The van der Waals surface area contributed by atoms with Gasteiger partial charge in [0.1, 0.15) is 6.54 Å². The van der Waals surface area contributed by atoms with Crippen LogP contribution in [0.4, 0.5) is 10.8 Å². The van der Waals surface area contributed by atoms with E-state index >= 15 is 0 Å². The molecule has 0 atom stereocenters. The van der Waals surface area contributed by atoms with Crippen LogP contribution in [0.15, 0.2) is 88.1 Å². The van der Waals surface area contributed by atoms with Crippen molar-refractivity contribution in [3.05, 3.63) is 94.5 Å². The van der Waals surface area contributed by atoms with Gasteiger partial charge in [-0.2, -0.15) is 0 Å². The number of sulfonamides is 1. The number of amides is 1. The van der Waals surface area contributed by atoms with Gasteiger partial charge in [0.05, 0.1) is 15.6 Å². The van der Waals surface area contributed by atoms with Crippen molar-refractivity contribution < 1.29 is 13.2 Å². The Morgan fingerprint density at radius 2 is 1.66 bits per heavy atom. The summed E-state index contributed by atoms with van der Waals surface area (Å²) >= 11 is 15.1. The molecule has 4 aromatic rings. The lowest BCUT2D eigenvalue weighted by molar-refractivity contribution is -0.114. The number of nitrogens with one attached hydrogen (secondary N) is 1. The molecule has 0 radical (unpaired) electrons. The maximum Gasteiger partial charge on any atom is 0.264 e. The fourth-order valence-corrected chi connectivity index (χ4v) is 6.64. The molecule has 0 aliphatic rings. The quantitative estimate of drug-likeness (QED) is 0.199. The second kappa shape index (κ2) is 11.4. The van der Waals surface area contributed by atoms with E-state index in [1.54, 1.807) is 18.2 Å². The number of hydrogen-bond donors (Lipinski definition) is 1. The average molecular weight is 566 g/mol. The number of aromatic nitrogens is 2. The largest absolute Gasteiger partial charge is 0.299 e. The molecule has 1 amide bonds. The number of nitrogens with zero attached hydrogens (tertiary/aromatic N) is 3. The van der Waals surface area contributed by atoms with Crippen LogP contribution in [0, 0.1) is 0 Å². The van der Waals surface area contributed by atoms with Gasteiger partial charge in [0.15, 0.2) is 4.34 Å². The average Bonchev–Trinajstić information content (AvgIpc) is 3.31. The van der Waals surface area contributed by atoms with Crippen LogP contribution in [0.1, 0.15) is 5.56 Å². The van der Waals surface area contributed by atoms with Crippen molar-refractivity contribution in [1.29, 1.82) is 0 Å². The second-order valence-corrected chi connectivity index (χ2v) is 12.0. The van der Waals surface area contributed by atoms with Gasteiger partial charge in [0, 0.05) is 10.8 Å². The molecule has 1 aromatic heterocycles. The summed E-state index contributed by atoms with van der Waals surface area (Å²) in [5.41, 5.74) is 1.23. The fraction of sp³-hybridized carbons (Fsp3) is 0.0870. The number of carbonyl (C=O) groups excluding carboxylic acids is 1. The summed E-state index contributed by atoms with van der Waals surface area (Å²) in [6.45, 7) is -0.538. The van der Waals surface area contributed by atoms with Crippen LogP contribution in [-0.2, 0) is 20.6 Å². The number of anilines is 2. The van der Waals surface area contributed by atoms with Crippen LogP contribution < -0.4 is 9.62 Å². The molecular formula is C23H18Cl2N4O3S3. The maximum absolute atomic E-state index is 13.4. The van der Waals surface area contributed by atoms with Crippen LogP contribution in [0.3, 0.4) is 0 Å². The van der Waals surface area contributed by atoms with E-state index in [-0.39, 0.29) is 25.8 Å². The zero-order valence-electron chi connectivity index (χ0n) is 18.0. The molecule has 0 unspecified atom stereocenters. The number of halogens is 2. The SMILES string of the molecule is O=C(CN(c1cc(Cl)ccc1Cl)S(=O)(=O)c1ccccc1)Nc1nnc(SCc2ccccc2)s1. The lowest BCUT2D eigenvalue weighted by Crippen LogP contribution is -2.38. The summed E-state index contributed by atoms with van der Waals surface area (Å²) in [5.74, 6) is 0.107. The van der Waals surface area contributed by atoms with Gasteiger partial charge in [-0.25, -0.2) is 8.42 Å². The van der Waals surface area contributed by atoms with Gasteiger partial charge in [0.25, 0.3) is 10.0 Å². The first kappa shape index (κ1) is 25.5. The zero-order chi connectivity index (χ0) is 24.8. The molecule has 1 heterocycles. The highest BCUT2D eigenvalue weighted by Gasteiger charge is 2.29. The molecule has 4 rings (SSSR count). The zero-order valence-corrected chi connectivity index (χ0v) is 21.9. The first-order valence-electron chi connectivity index (χ1n) is 10.2. The predicted octanol–water partition coefficient (Wildman–Crippen LogP) is 5.97. The highest BCUT2D eigenvalue weighted by atomic mass is 35.5. The molecule has 1 N–H and O–H groups in total. The van der Waals surface area contributed by atoms with Crippen molar-refractivity contribution >= 4 is 73.0 Å². The van der Waals surface area contributed by atoms with Gasteiger partial charge in [-0.15, -0.1) is 10.2 Å². The van der Waals surface area contributed by atoms with Crippen LogP contribution >= 0.6 is 46.3 Å². The molecule has 3 aromatic carbocycles. The molecule has 0 saturated carbocycles. The highest BCUT2D eigenvalue weighted by Crippen LogP contribution is 2.33. The molecule has 0 bridgehead atoms. The summed E-state index contributed by atoms with van der Waals surface area (Å²) in [7, 11) is -4.12. The maximum atomic E-state index is 13.4. The minimum Gasteiger partial charge on any atom is -0.299 e. The molecule has 0 aliphatic carbocycles. The summed E-state index contributed by atoms with van der Waals surface area (Å²) in [6.07, 6.45) is 0. The fourth-order valence-electron chi connectivity index (χ4n) is 3.02. The molecule has 7 nitrogen and oxygen atoms in total. The van der Waals surface area contributed by atoms with E-state index in [2.05, 4.69) is 15.5 Å². The van der Waals surface area contributed by atoms with Crippen molar-refractivity contribution in [2.75, 3.05) is 16.2 Å². The first-order valence-corrected chi connectivity index (χ1v) is 14.2. The van der Waals surface area contributed by atoms with E-state index in [4.69, 9.17) is 23.2 Å². The Morgan fingerprint density at radius 3 is 2.37 bits per heavy atom. The highest BCUT2D eigenvalue weighted by molar-refractivity contribution is 8.00. The Labute approximate surface area is 221 Å². The van der Waals surface area contributed by atoms with Gasteiger partial charge in [-0.3, -0.25) is 14.4 Å². The monoisotopic (exact) mass is 564 g/mol. The standard InChI is InChI=1S/C23H18Cl2N4O3S3/c24-17-11-12-19(25)20(13-17)29(35(31,32)18-9-5-2-6-10-18)14-21(30)26-22-27-28-23(34-22)33-15-16-7-3-1-4-8-16/h1-13H,14-15H2,(H,26,27,30). The lowest BCUT2D eigenvalue weighted by atomic mass is 10.2. The van der Waals surface area contributed by atoms with Crippen molar-refractivity contribution in [3.63, 3.8) is 0 Å². The third kappa shape index (κ3) is 6.53. The number of thioether (sulfide) groups is 1. The third-order valence-corrected chi connectivity index (χ3v) is 9.03. The Kier molecular flexibility index (Phi) is 8.30. The molecule has 0 saturated heterocycles. The van der Waals surface area contributed by atoms with Crippen LogP contribution in [0.25, 0.3) is 0 Å². The second-order valence-electron chi connectivity index (χ2n) is 7.12. The van der Waals surface area contributed by atoms with Crippen molar-refractivity contribution in [1.82, 2.24) is 10.2 Å². The first-order chi connectivity index (χ1) is 16.8. The van der Waals surface area contributed by atoms with E-state index in [1.165, 1.54) is 53.4 Å². The molecule has 12 heteroatoms. The van der Waals surface area contributed by atoms with Crippen LogP contribution in [0.2, 0.25) is 10.0 Å². The number of hydrogen-bond acceptors (Lipinski definition) is 7. The Balaban J connectivity index is 1.52. The van der Waals surface area contributed by atoms with Crippen molar-refractivity contribution in [3.8, 4) is 0 Å². The predicted molar refractivity (Wildman–Crippen MR) is 142 cm³/mol. The smallest absolute Gasteiger partial charge is 0.264 e. The van der Waals surface area contributed by atoms with E-state index < -0.39 is 22.5 Å². The third-order valence-electron chi connectivity index (χ3n) is 4.65. The summed E-state index contributed by atoms with van der Waals surface area (Å²) < 4.78 is 28.5. The molecule has 0 aliphatic heterocycles. The molecule has 0 fully saturated rings.